The molecule has 1 atom stereocenters. The first-order valence-corrected chi connectivity index (χ1v) is 7.96. The average Bonchev–Trinajstić information content (AvgIpc) is 2.94. The van der Waals surface area contributed by atoms with Crippen molar-refractivity contribution in [2.75, 3.05) is 0 Å². The molecule has 108 valence electrons. The molecule has 0 saturated heterocycles. The average molecular weight is 290 g/mol. The van der Waals surface area contributed by atoms with Gasteiger partial charge in [0.25, 0.3) is 5.56 Å². The largest absolute Gasteiger partial charge is 0.319 e. The molecule has 0 fully saturated rings. The van der Waals surface area contributed by atoms with E-state index in [0.717, 1.165) is 23.5 Å². The van der Waals surface area contributed by atoms with Crippen LogP contribution in [0.5, 0.6) is 0 Å². The number of thiophene rings is 1. The monoisotopic (exact) mass is 290 g/mol. The fourth-order valence-electron chi connectivity index (χ4n) is 2.43. The van der Waals surface area contributed by atoms with Crippen LogP contribution in [-0.4, -0.2) is 4.57 Å². The third-order valence-corrected chi connectivity index (χ3v) is 4.42. The maximum absolute atomic E-state index is 12.7. The summed E-state index contributed by atoms with van der Waals surface area (Å²) in [4.78, 5) is 13.7. The summed E-state index contributed by atoms with van der Waals surface area (Å²) in [5, 5.41) is 1.99. The standard InChI is InChI=1S/C16H22N2OS/c1-4-9-18-13(11(2)3)8-7-12(16(18)19)15(17)14-6-5-10-20-14/h5-8,10-11,15H,4,9,17H2,1-3H3. The van der Waals surface area contributed by atoms with Gasteiger partial charge >= 0.3 is 0 Å². The van der Waals surface area contributed by atoms with Crippen molar-refractivity contribution in [3.63, 3.8) is 0 Å². The van der Waals surface area contributed by atoms with Gasteiger partial charge < -0.3 is 10.3 Å². The molecule has 0 spiro atoms. The van der Waals surface area contributed by atoms with Crippen LogP contribution < -0.4 is 11.3 Å². The molecule has 1 unspecified atom stereocenters. The summed E-state index contributed by atoms with van der Waals surface area (Å²) >= 11 is 1.59. The fourth-order valence-corrected chi connectivity index (χ4v) is 3.17. The van der Waals surface area contributed by atoms with Gasteiger partial charge in [-0.3, -0.25) is 4.79 Å². The number of hydrogen-bond donors (Lipinski definition) is 1. The molecule has 2 rings (SSSR count). The van der Waals surface area contributed by atoms with E-state index in [4.69, 9.17) is 5.73 Å². The van der Waals surface area contributed by atoms with E-state index in [0.29, 0.717) is 11.5 Å². The predicted octanol–water partition coefficient (Wildman–Crippen LogP) is 3.49. The molecule has 0 saturated carbocycles. The normalized spacial score (nSPS) is 12.8. The van der Waals surface area contributed by atoms with Gasteiger partial charge in [-0.2, -0.15) is 0 Å². The molecule has 0 radical (unpaired) electrons. The molecule has 0 aliphatic rings. The van der Waals surface area contributed by atoms with Crippen LogP contribution in [0.1, 0.15) is 55.3 Å². The third-order valence-electron chi connectivity index (χ3n) is 3.46. The number of pyridine rings is 1. The van der Waals surface area contributed by atoms with E-state index in [2.05, 4.69) is 20.8 Å². The lowest BCUT2D eigenvalue weighted by atomic mass is 10.0. The van der Waals surface area contributed by atoms with Crippen molar-refractivity contribution in [2.45, 2.75) is 45.7 Å². The molecule has 0 bridgehead atoms. The Labute approximate surface area is 124 Å². The maximum atomic E-state index is 12.7. The zero-order valence-electron chi connectivity index (χ0n) is 12.3. The minimum absolute atomic E-state index is 0.0546. The van der Waals surface area contributed by atoms with Crippen LogP contribution in [-0.2, 0) is 6.54 Å². The van der Waals surface area contributed by atoms with Gasteiger partial charge in [-0.1, -0.05) is 26.8 Å². The Morgan fingerprint density at radius 1 is 1.30 bits per heavy atom. The summed E-state index contributed by atoms with van der Waals surface area (Å²) in [5.74, 6) is 0.335. The zero-order valence-corrected chi connectivity index (χ0v) is 13.1. The summed E-state index contributed by atoms with van der Waals surface area (Å²) in [7, 11) is 0. The molecular weight excluding hydrogens is 268 g/mol. The Balaban J connectivity index is 2.51. The minimum Gasteiger partial charge on any atom is -0.319 e. The van der Waals surface area contributed by atoms with Crippen LogP contribution in [0.4, 0.5) is 0 Å². The highest BCUT2D eigenvalue weighted by Crippen LogP contribution is 2.23. The Morgan fingerprint density at radius 3 is 2.60 bits per heavy atom. The third kappa shape index (κ3) is 2.86. The first-order valence-electron chi connectivity index (χ1n) is 7.08. The van der Waals surface area contributed by atoms with Gasteiger partial charge in [0.1, 0.15) is 0 Å². The lowest BCUT2D eigenvalue weighted by molar-refractivity contribution is 0.587. The Hall–Kier alpha value is -1.39. The number of aromatic nitrogens is 1. The first kappa shape index (κ1) is 15.0. The Morgan fingerprint density at radius 2 is 2.05 bits per heavy atom. The van der Waals surface area contributed by atoms with Crippen LogP contribution in [0.3, 0.4) is 0 Å². The van der Waals surface area contributed by atoms with E-state index in [1.54, 1.807) is 11.3 Å². The number of nitrogens with zero attached hydrogens (tertiary/aromatic N) is 1. The number of nitrogens with two attached hydrogens (primary N) is 1. The molecule has 2 heterocycles. The SMILES string of the molecule is CCCn1c(C(C)C)ccc(C(N)c2cccs2)c1=O. The molecule has 20 heavy (non-hydrogen) atoms. The van der Waals surface area contributed by atoms with E-state index in [9.17, 15) is 4.79 Å². The van der Waals surface area contributed by atoms with Crippen LogP contribution in [0.2, 0.25) is 0 Å². The summed E-state index contributed by atoms with van der Waals surface area (Å²) in [6, 6.07) is 7.56. The fraction of sp³-hybridized carbons (Fsp3) is 0.438. The second-order valence-corrected chi connectivity index (χ2v) is 6.30. The van der Waals surface area contributed by atoms with Gasteiger partial charge in [0, 0.05) is 22.7 Å². The highest BCUT2D eigenvalue weighted by molar-refractivity contribution is 7.10. The van der Waals surface area contributed by atoms with Crippen LogP contribution in [0.25, 0.3) is 0 Å². The molecule has 4 heteroatoms. The second-order valence-electron chi connectivity index (χ2n) is 5.32. The van der Waals surface area contributed by atoms with E-state index in [-0.39, 0.29) is 11.6 Å². The van der Waals surface area contributed by atoms with Crippen molar-refractivity contribution in [2.24, 2.45) is 5.73 Å². The molecule has 2 aromatic heterocycles. The number of hydrogen-bond acceptors (Lipinski definition) is 3. The lowest BCUT2D eigenvalue weighted by Crippen LogP contribution is -2.30. The van der Waals surface area contributed by atoms with Gasteiger partial charge in [0.2, 0.25) is 0 Å². The molecule has 2 aromatic rings. The van der Waals surface area contributed by atoms with Crippen molar-refractivity contribution in [3.05, 3.63) is 56.1 Å². The summed E-state index contributed by atoms with van der Waals surface area (Å²) < 4.78 is 1.88. The lowest BCUT2D eigenvalue weighted by Gasteiger charge is -2.18. The van der Waals surface area contributed by atoms with Gasteiger partial charge in [-0.05, 0) is 35.9 Å². The second kappa shape index (κ2) is 6.37. The van der Waals surface area contributed by atoms with E-state index < -0.39 is 0 Å². The van der Waals surface area contributed by atoms with E-state index in [1.807, 2.05) is 34.2 Å². The Kier molecular flexibility index (Phi) is 4.78. The van der Waals surface area contributed by atoms with Crippen LogP contribution in [0.15, 0.2) is 34.4 Å². The van der Waals surface area contributed by atoms with Gasteiger partial charge in [0.15, 0.2) is 0 Å². The quantitative estimate of drug-likeness (QED) is 0.916. The zero-order chi connectivity index (χ0) is 14.7. The van der Waals surface area contributed by atoms with Crippen molar-refractivity contribution in [1.82, 2.24) is 4.57 Å². The minimum atomic E-state index is -0.327. The highest BCUT2D eigenvalue weighted by atomic mass is 32.1. The first-order chi connectivity index (χ1) is 9.56. The van der Waals surface area contributed by atoms with Crippen LogP contribution >= 0.6 is 11.3 Å². The highest BCUT2D eigenvalue weighted by Gasteiger charge is 2.17. The summed E-state index contributed by atoms with van der Waals surface area (Å²) in [6.07, 6.45) is 0.942. The van der Waals surface area contributed by atoms with E-state index >= 15 is 0 Å². The van der Waals surface area contributed by atoms with Crippen molar-refractivity contribution < 1.29 is 0 Å². The molecule has 3 nitrogen and oxygen atoms in total. The van der Waals surface area contributed by atoms with Gasteiger partial charge in [-0.25, -0.2) is 0 Å². The smallest absolute Gasteiger partial charge is 0.255 e. The molecule has 2 N–H and O–H groups in total. The van der Waals surface area contributed by atoms with Gasteiger partial charge in [-0.15, -0.1) is 11.3 Å². The number of rotatable bonds is 5. The molecule has 0 aliphatic heterocycles. The van der Waals surface area contributed by atoms with Crippen molar-refractivity contribution >= 4 is 11.3 Å². The van der Waals surface area contributed by atoms with Crippen molar-refractivity contribution in [3.8, 4) is 0 Å². The molecule has 0 aliphatic carbocycles. The summed E-state index contributed by atoms with van der Waals surface area (Å²) in [5.41, 5.74) is 8.07. The Bertz CT molecular complexity index is 614. The van der Waals surface area contributed by atoms with E-state index in [1.165, 1.54) is 0 Å². The van der Waals surface area contributed by atoms with Crippen LogP contribution in [0, 0.1) is 0 Å². The van der Waals surface area contributed by atoms with Gasteiger partial charge in [0.05, 0.1) is 6.04 Å². The molecule has 0 amide bonds. The maximum Gasteiger partial charge on any atom is 0.255 e. The predicted molar refractivity (Wildman–Crippen MR) is 85.4 cm³/mol. The topological polar surface area (TPSA) is 48.0 Å². The molecule has 0 aromatic carbocycles. The van der Waals surface area contributed by atoms with Crippen molar-refractivity contribution in [1.29, 1.82) is 0 Å². The summed E-state index contributed by atoms with van der Waals surface area (Å²) in [6.45, 7) is 7.05. The molecular formula is C16H22N2OS.